The molecule has 0 spiro atoms. The van der Waals surface area contributed by atoms with Gasteiger partial charge in [0.2, 0.25) is 11.5 Å². The van der Waals surface area contributed by atoms with Gasteiger partial charge in [-0.3, -0.25) is 0 Å². The van der Waals surface area contributed by atoms with E-state index in [1.165, 1.54) is 0 Å². The number of nitrogens with zero attached hydrogens (tertiary/aromatic N) is 2. The van der Waals surface area contributed by atoms with Gasteiger partial charge in [-0.1, -0.05) is 17.7 Å². The maximum absolute atomic E-state index is 11.3. The number of oxazole rings is 1. The van der Waals surface area contributed by atoms with Crippen molar-refractivity contribution in [1.82, 2.24) is 0 Å². The number of benzene rings is 2. The Morgan fingerprint density at radius 3 is 2.51 bits per heavy atom. The van der Waals surface area contributed by atoms with Crippen LogP contribution in [0.15, 0.2) is 58.3 Å². The highest BCUT2D eigenvalue weighted by atomic mass is 35.5. The fourth-order valence-electron chi connectivity index (χ4n) is 4.00. The fraction of sp³-hybridized carbons (Fsp3) is 0.292. The molecule has 0 saturated carbocycles. The quantitative estimate of drug-likeness (QED) is 0.281. The smallest absolute Gasteiger partial charge is 0.374 e. The first-order valence-corrected chi connectivity index (χ1v) is 14.8. The van der Waals surface area contributed by atoms with Crippen LogP contribution in [-0.4, -0.2) is 44.0 Å². The summed E-state index contributed by atoms with van der Waals surface area (Å²) in [6.45, 7) is 3.77. The van der Waals surface area contributed by atoms with Gasteiger partial charge in [0.1, 0.15) is 0 Å². The van der Waals surface area contributed by atoms with E-state index in [0.29, 0.717) is 44.9 Å². The Labute approximate surface area is 219 Å². The second-order valence-corrected chi connectivity index (χ2v) is 12.2. The molecule has 37 heavy (non-hydrogen) atoms. The van der Waals surface area contributed by atoms with Gasteiger partial charge in [-0.05, 0) is 49.2 Å². The summed E-state index contributed by atoms with van der Waals surface area (Å²) in [7, 11) is -8.83. The minimum atomic E-state index is -4.45. The van der Waals surface area contributed by atoms with Gasteiger partial charge >= 0.3 is 5.89 Å². The van der Waals surface area contributed by atoms with Crippen LogP contribution in [0.3, 0.4) is 0 Å². The molecule has 1 aliphatic rings. The van der Waals surface area contributed by atoms with Crippen molar-refractivity contribution in [2.24, 2.45) is 0 Å². The van der Waals surface area contributed by atoms with Gasteiger partial charge in [0.05, 0.1) is 37.8 Å². The Bertz CT molecular complexity index is 1630. The lowest BCUT2D eigenvalue weighted by Crippen LogP contribution is -2.36. The molecule has 2 aromatic carbocycles. The predicted octanol–water partition coefficient (Wildman–Crippen LogP) is 3.31. The first-order valence-electron chi connectivity index (χ1n) is 11.2. The topological polar surface area (TPSA) is 144 Å². The minimum Gasteiger partial charge on any atom is -0.748 e. The summed E-state index contributed by atoms with van der Waals surface area (Å²) >= 11 is 6.15. The predicted molar refractivity (Wildman–Crippen MR) is 136 cm³/mol. The Morgan fingerprint density at radius 1 is 1.08 bits per heavy atom. The molecule has 0 saturated heterocycles. The molecular weight excluding hydrogens is 544 g/mol. The van der Waals surface area contributed by atoms with Crippen LogP contribution in [0, 0.1) is 6.92 Å². The second-order valence-electron chi connectivity index (χ2n) is 8.68. The van der Waals surface area contributed by atoms with E-state index < -0.39 is 31.7 Å². The third-order valence-corrected chi connectivity index (χ3v) is 7.33. The van der Waals surface area contributed by atoms with Crippen LogP contribution in [0.4, 0.5) is 5.69 Å². The van der Waals surface area contributed by atoms with E-state index in [9.17, 15) is 25.9 Å². The molecule has 13 heteroatoms. The van der Waals surface area contributed by atoms with Gasteiger partial charge in [-0.15, -0.1) is 0 Å². The molecule has 0 bridgehead atoms. The zero-order valence-electron chi connectivity index (χ0n) is 20.0. The van der Waals surface area contributed by atoms with Gasteiger partial charge in [0, 0.05) is 35.9 Å². The summed E-state index contributed by atoms with van der Waals surface area (Å²) in [5.41, 5.74) is 3.39. The number of anilines is 1. The molecule has 2 heterocycles. The van der Waals surface area contributed by atoms with Crippen LogP contribution in [-0.2, 0) is 26.8 Å². The molecule has 0 atom stereocenters. The van der Waals surface area contributed by atoms with Gasteiger partial charge in [0.25, 0.3) is 5.52 Å². The molecule has 0 N–H and O–H groups in total. The lowest BCUT2D eigenvalue weighted by Gasteiger charge is -2.19. The van der Waals surface area contributed by atoms with Crippen LogP contribution >= 0.6 is 11.6 Å². The first kappa shape index (κ1) is 27.1. The van der Waals surface area contributed by atoms with Crippen molar-refractivity contribution in [2.75, 3.05) is 23.0 Å². The summed E-state index contributed by atoms with van der Waals surface area (Å²) in [5, 5.41) is 0.462. The van der Waals surface area contributed by atoms with E-state index in [1.807, 2.05) is 19.1 Å². The van der Waals surface area contributed by atoms with E-state index >= 15 is 0 Å². The summed E-state index contributed by atoms with van der Waals surface area (Å²) in [4.78, 5) is 1.63. The average molecular weight is 568 g/mol. The van der Waals surface area contributed by atoms with E-state index in [2.05, 4.69) is 0 Å². The molecule has 0 radical (unpaired) electrons. The maximum atomic E-state index is 11.3. The lowest BCUT2D eigenvalue weighted by atomic mass is 10.2. The molecule has 0 fully saturated rings. The standard InChI is InChI=1S/C24H25ClN2O8S2/c1-16-4-6-21-19(12-16)27(9-11-37(31,32)33)24(34-21)14-17(2)13-23-26(8-3-10-36(28,29)30)20-15-18(25)5-7-22(20)35-23/h4-7,12-15H,3,8-11H2,1-2H3,(H-,28,29,30,31,32,33)/p-1. The molecular formula is C24H24ClN2O8S2-. The number of halogens is 1. The van der Waals surface area contributed by atoms with Crippen LogP contribution in [0.5, 0.6) is 5.75 Å². The summed E-state index contributed by atoms with van der Waals surface area (Å²) < 4.78 is 80.8. The highest BCUT2D eigenvalue weighted by Gasteiger charge is 2.27. The van der Waals surface area contributed by atoms with E-state index in [0.717, 1.165) is 5.56 Å². The number of aromatic nitrogens is 1. The Kier molecular flexibility index (Phi) is 7.67. The van der Waals surface area contributed by atoms with Crippen LogP contribution in [0.25, 0.3) is 17.2 Å². The van der Waals surface area contributed by atoms with Crippen molar-refractivity contribution in [3.05, 3.63) is 70.4 Å². The first-order chi connectivity index (χ1) is 17.3. The lowest BCUT2D eigenvalue weighted by molar-refractivity contribution is -0.677. The normalized spacial score (nSPS) is 15.4. The second kappa shape index (κ2) is 10.5. The largest absolute Gasteiger partial charge is 0.748 e. The highest BCUT2D eigenvalue weighted by molar-refractivity contribution is 7.85. The average Bonchev–Trinajstić information content (AvgIpc) is 3.27. The molecule has 198 valence electrons. The number of allylic oxidation sites excluding steroid dienone is 2. The van der Waals surface area contributed by atoms with E-state index in [-0.39, 0.29) is 19.5 Å². The monoisotopic (exact) mass is 567 g/mol. The number of rotatable bonds is 9. The summed E-state index contributed by atoms with van der Waals surface area (Å²) in [5.74, 6) is 0.121. The van der Waals surface area contributed by atoms with Crippen LogP contribution in [0.2, 0.25) is 5.02 Å². The third kappa shape index (κ3) is 6.90. The highest BCUT2D eigenvalue weighted by Crippen LogP contribution is 2.39. The molecule has 0 amide bonds. The van der Waals surface area contributed by atoms with Crippen LogP contribution in [0.1, 0.15) is 24.8 Å². The summed E-state index contributed by atoms with van der Waals surface area (Å²) in [6.07, 6.45) is 3.46. The fourth-order valence-corrected chi connectivity index (χ4v) is 5.05. The van der Waals surface area contributed by atoms with Crippen molar-refractivity contribution in [3.63, 3.8) is 0 Å². The Hall–Kier alpha value is -2.90. The minimum absolute atomic E-state index is 0.0772. The third-order valence-electron chi connectivity index (χ3n) is 5.62. The van der Waals surface area contributed by atoms with Crippen molar-refractivity contribution >= 4 is 54.7 Å². The van der Waals surface area contributed by atoms with Crippen molar-refractivity contribution in [3.8, 4) is 5.75 Å². The molecule has 10 nitrogen and oxygen atoms in total. The molecule has 3 aromatic rings. The number of hydrogen-bond acceptors (Lipinski definition) is 9. The van der Waals surface area contributed by atoms with Crippen LogP contribution < -0.4 is 14.2 Å². The van der Waals surface area contributed by atoms with Crippen molar-refractivity contribution < 1.29 is 39.7 Å². The Morgan fingerprint density at radius 2 is 1.81 bits per heavy atom. The van der Waals surface area contributed by atoms with Gasteiger partial charge in [-0.25, -0.2) is 16.8 Å². The molecule has 1 aliphatic heterocycles. The number of aryl methyl sites for hydroxylation is 2. The van der Waals surface area contributed by atoms with E-state index in [4.69, 9.17) is 20.8 Å². The molecule has 0 unspecified atom stereocenters. The van der Waals surface area contributed by atoms with Gasteiger partial charge in [0.15, 0.2) is 12.3 Å². The van der Waals surface area contributed by atoms with Crippen molar-refractivity contribution in [1.29, 1.82) is 0 Å². The molecule has 1 aromatic heterocycles. The summed E-state index contributed by atoms with van der Waals surface area (Å²) in [6, 6.07) is 10.5. The SMILES string of the molecule is CC(/C=C1\Oc2ccc(C)cc2N1CCS(=O)(=O)[O-])=C\c1oc2ccc(Cl)cc2[n+]1CCCS(=O)(=O)[O-]. The zero-order valence-corrected chi connectivity index (χ0v) is 22.4. The Balaban J connectivity index is 1.70. The van der Waals surface area contributed by atoms with Gasteiger partial charge in [-0.2, -0.15) is 4.57 Å². The number of ether oxygens (including phenoxy) is 1. The van der Waals surface area contributed by atoms with E-state index in [1.54, 1.807) is 52.8 Å². The maximum Gasteiger partial charge on any atom is 0.374 e. The zero-order chi connectivity index (χ0) is 27.0. The van der Waals surface area contributed by atoms with Gasteiger partial charge < -0.3 is 23.2 Å². The molecule has 0 aliphatic carbocycles. The number of hydrogen-bond donors (Lipinski definition) is 0. The number of fused-ring (bicyclic) bond motifs is 2. The molecule has 4 rings (SSSR count). The van der Waals surface area contributed by atoms with Crippen molar-refractivity contribution in [2.45, 2.75) is 26.8 Å².